The van der Waals surface area contributed by atoms with Crippen LogP contribution in [0.1, 0.15) is 27.2 Å². The molecule has 0 radical (unpaired) electrons. The predicted octanol–water partition coefficient (Wildman–Crippen LogP) is 1.41. The summed E-state index contributed by atoms with van der Waals surface area (Å²) in [5, 5.41) is 3.61. The highest BCUT2D eigenvalue weighted by molar-refractivity contribution is 5.02. The van der Waals surface area contributed by atoms with Crippen molar-refractivity contribution in [2.75, 3.05) is 19.8 Å². The van der Waals surface area contributed by atoms with Gasteiger partial charge >= 0.3 is 0 Å². The molecule has 0 amide bonds. The van der Waals surface area contributed by atoms with Gasteiger partial charge in [0.1, 0.15) is 0 Å². The van der Waals surface area contributed by atoms with Gasteiger partial charge in [0.25, 0.3) is 0 Å². The second kappa shape index (κ2) is 2.46. The van der Waals surface area contributed by atoms with E-state index in [9.17, 15) is 0 Å². The van der Waals surface area contributed by atoms with E-state index in [0.717, 1.165) is 25.8 Å². The Kier molecular flexibility index (Phi) is 1.74. The molecule has 2 fully saturated rings. The topological polar surface area (TPSA) is 21.3 Å². The van der Waals surface area contributed by atoms with Crippen molar-refractivity contribution in [3.05, 3.63) is 0 Å². The van der Waals surface area contributed by atoms with E-state index in [0.29, 0.717) is 10.8 Å². The van der Waals surface area contributed by atoms with Crippen molar-refractivity contribution in [1.29, 1.82) is 0 Å². The van der Waals surface area contributed by atoms with Gasteiger partial charge in [0.05, 0.1) is 13.2 Å². The monoisotopic (exact) mass is 169 g/mol. The zero-order chi connectivity index (χ0) is 8.82. The smallest absolute Gasteiger partial charge is 0.0554 e. The molecular formula is C10H19NO. The lowest BCUT2D eigenvalue weighted by Gasteiger charge is -2.38. The maximum Gasteiger partial charge on any atom is 0.0554 e. The van der Waals surface area contributed by atoms with E-state index in [4.69, 9.17) is 4.74 Å². The summed E-state index contributed by atoms with van der Waals surface area (Å²) in [6.45, 7) is 9.94. The summed E-state index contributed by atoms with van der Waals surface area (Å²) in [5.41, 5.74) is 0.986. The molecule has 12 heavy (non-hydrogen) atoms. The average Bonchev–Trinajstić information content (AvgIpc) is 2.51. The van der Waals surface area contributed by atoms with E-state index >= 15 is 0 Å². The van der Waals surface area contributed by atoms with Crippen LogP contribution in [0, 0.1) is 10.8 Å². The molecule has 1 aliphatic carbocycles. The Morgan fingerprint density at radius 2 is 1.92 bits per heavy atom. The van der Waals surface area contributed by atoms with Crippen LogP contribution in [0.5, 0.6) is 0 Å². The first-order chi connectivity index (χ1) is 5.52. The Hall–Kier alpha value is -0.0800. The Morgan fingerprint density at radius 1 is 1.33 bits per heavy atom. The van der Waals surface area contributed by atoms with Crippen molar-refractivity contribution in [3.8, 4) is 0 Å². The van der Waals surface area contributed by atoms with Gasteiger partial charge in [0.2, 0.25) is 0 Å². The van der Waals surface area contributed by atoms with E-state index in [-0.39, 0.29) is 0 Å². The van der Waals surface area contributed by atoms with Crippen LogP contribution >= 0.6 is 0 Å². The van der Waals surface area contributed by atoms with Gasteiger partial charge in [-0.2, -0.15) is 0 Å². The summed E-state index contributed by atoms with van der Waals surface area (Å²) in [6.07, 6.45) is 1.34. The lowest BCUT2D eigenvalue weighted by molar-refractivity contribution is -0.0993. The van der Waals surface area contributed by atoms with Crippen LogP contribution in [0.3, 0.4) is 0 Å². The first-order valence-electron chi connectivity index (χ1n) is 4.83. The molecule has 1 atom stereocenters. The lowest BCUT2D eigenvalue weighted by Crippen LogP contribution is -2.48. The lowest BCUT2D eigenvalue weighted by atomic mass is 9.88. The highest BCUT2D eigenvalue weighted by Gasteiger charge is 2.46. The first-order valence-corrected chi connectivity index (χ1v) is 4.83. The Bertz CT molecular complexity index is 184. The second-order valence-corrected chi connectivity index (χ2v) is 5.43. The van der Waals surface area contributed by atoms with E-state index in [1.165, 1.54) is 6.42 Å². The van der Waals surface area contributed by atoms with E-state index in [2.05, 4.69) is 26.1 Å². The quantitative estimate of drug-likeness (QED) is 0.689. The zero-order valence-electron chi connectivity index (χ0n) is 8.31. The largest absolute Gasteiger partial charge is 0.380 e. The van der Waals surface area contributed by atoms with E-state index < -0.39 is 0 Å². The minimum Gasteiger partial charge on any atom is -0.380 e. The fraction of sp³-hybridized carbons (Fsp3) is 1.00. The number of hydrogen-bond acceptors (Lipinski definition) is 2. The Labute approximate surface area is 74.7 Å². The van der Waals surface area contributed by atoms with Crippen LogP contribution in [-0.2, 0) is 4.74 Å². The van der Waals surface area contributed by atoms with Crippen molar-refractivity contribution >= 4 is 0 Å². The van der Waals surface area contributed by atoms with Gasteiger partial charge in [-0.3, -0.25) is 0 Å². The maximum atomic E-state index is 5.20. The minimum absolute atomic E-state index is 0.429. The van der Waals surface area contributed by atoms with E-state index in [1.54, 1.807) is 0 Å². The van der Waals surface area contributed by atoms with Crippen LogP contribution in [-0.4, -0.2) is 25.8 Å². The summed E-state index contributed by atoms with van der Waals surface area (Å²) in [4.78, 5) is 0. The maximum absolute atomic E-state index is 5.20. The van der Waals surface area contributed by atoms with Crippen LogP contribution in [0.25, 0.3) is 0 Å². The van der Waals surface area contributed by atoms with Gasteiger partial charge < -0.3 is 10.1 Å². The van der Waals surface area contributed by atoms with Gasteiger partial charge in [-0.25, -0.2) is 0 Å². The molecule has 1 aliphatic heterocycles. The zero-order valence-corrected chi connectivity index (χ0v) is 8.31. The molecule has 2 rings (SSSR count). The standard InChI is InChI=1S/C10H19NO/c1-9(2)4-8(9)11-5-10(3)6-12-7-10/h8,11H,4-7H2,1-3H3. The molecule has 1 saturated carbocycles. The minimum atomic E-state index is 0.429. The van der Waals surface area contributed by atoms with Crippen LogP contribution < -0.4 is 5.32 Å². The number of nitrogens with one attached hydrogen (secondary N) is 1. The van der Waals surface area contributed by atoms with Crippen molar-refractivity contribution in [2.24, 2.45) is 10.8 Å². The molecule has 1 unspecified atom stereocenters. The third-order valence-corrected chi connectivity index (χ3v) is 3.19. The van der Waals surface area contributed by atoms with Gasteiger partial charge in [-0.1, -0.05) is 20.8 Å². The van der Waals surface area contributed by atoms with Gasteiger partial charge in [0, 0.05) is 18.0 Å². The fourth-order valence-electron chi connectivity index (χ4n) is 1.74. The molecule has 0 aromatic rings. The number of rotatable bonds is 3. The molecule has 0 bridgehead atoms. The molecular weight excluding hydrogens is 150 g/mol. The highest BCUT2D eigenvalue weighted by Crippen LogP contribution is 2.45. The molecule has 0 aromatic heterocycles. The van der Waals surface area contributed by atoms with Gasteiger partial charge in [-0.15, -0.1) is 0 Å². The van der Waals surface area contributed by atoms with Crippen LogP contribution in [0.2, 0.25) is 0 Å². The Morgan fingerprint density at radius 3 is 2.25 bits per heavy atom. The molecule has 0 spiro atoms. The summed E-state index contributed by atoms with van der Waals surface area (Å²) >= 11 is 0. The summed E-state index contributed by atoms with van der Waals surface area (Å²) in [7, 11) is 0. The van der Waals surface area contributed by atoms with Crippen molar-refractivity contribution in [3.63, 3.8) is 0 Å². The predicted molar refractivity (Wildman–Crippen MR) is 49.1 cm³/mol. The summed E-state index contributed by atoms with van der Waals surface area (Å²) < 4.78 is 5.20. The van der Waals surface area contributed by atoms with Crippen molar-refractivity contribution < 1.29 is 4.74 Å². The van der Waals surface area contributed by atoms with Gasteiger partial charge in [0.15, 0.2) is 0 Å². The first kappa shape index (κ1) is 8.52. The van der Waals surface area contributed by atoms with Gasteiger partial charge in [-0.05, 0) is 11.8 Å². The highest BCUT2D eigenvalue weighted by atomic mass is 16.5. The number of ether oxygens (including phenoxy) is 1. The third kappa shape index (κ3) is 1.50. The van der Waals surface area contributed by atoms with Crippen molar-refractivity contribution in [1.82, 2.24) is 5.32 Å². The normalized spacial score (nSPS) is 35.8. The fourth-order valence-corrected chi connectivity index (χ4v) is 1.74. The molecule has 1 heterocycles. The van der Waals surface area contributed by atoms with Crippen molar-refractivity contribution in [2.45, 2.75) is 33.2 Å². The Balaban J connectivity index is 1.70. The van der Waals surface area contributed by atoms with Crippen LogP contribution in [0.15, 0.2) is 0 Å². The average molecular weight is 169 g/mol. The molecule has 1 saturated heterocycles. The SMILES string of the molecule is CC1(CNC2CC2(C)C)COC1. The molecule has 0 aromatic carbocycles. The van der Waals surface area contributed by atoms with Crippen LogP contribution in [0.4, 0.5) is 0 Å². The van der Waals surface area contributed by atoms with E-state index in [1.807, 2.05) is 0 Å². The molecule has 2 heteroatoms. The third-order valence-electron chi connectivity index (χ3n) is 3.19. The molecule has 2 nitrogen and oxygen atoms in total. The molecule has 1 N–H and O–H groups in total. The number of hydrogen-bond donors (Lipinski definition) is 1. The molecule has 70 valence electrons. The summed E-state index contributed by atoms with van der Waals surface area (Å²) in [6, 6.07) is 0.759. The molecule has 2 aliphatic rings. The summed E-state index contributed by atoms with van der Waals surface area (Å²) in [5.74, 6) is 0. The second-order valence-electron chi connectivity index (χ2n) is 5.43.